The summed E-state index contributed by atoms with van der Waals surface area (Å²) in [5.41, 5.74) is 0.586. The summed E-state index contributed by atoms with van der Waals surface area (Å²) in [6.45, 7) is 2.30. The third-order valence-corrected chi connectivity index (χ3v) is 4.57. The second-order valence-corrected chi connectivity index (χ2v) is 9.96. The van der Waals surface area contributed by atoms with Crippen molar-refractivity contribution in [3.05, 3.63) is 48.0 Å². The Morgan fingerprint density at radius 2 is 1.41 bits per heavy atom. The molecule has 0 radical (unpaired) electrons. The summed E-state index contributed by atoms with van der Waals surface area (Å²) in [4.78, 5) is 12.6. The van der Waals surface area contributed by atoms with E-state index in [2.05, 4.69) is 15.0 Å². The van der Waals surface area contributed by atoms with Crippen LogP contribution in [0.3, 0.4) is 0 Å². The van der Waals surface area contributed by atoms with Crippen LogP contribution in [0.4, 0.5) is 0 Å². The lowest BCUT2D eigenvalue weighted by Crippen LogP contribution is -2.17. The highest BCUT2D eigenvalue weighted by molar-refractivity contribution is 6.67. The van der Waals surface area contributed by atoms with Crippen molar-refractivity contribution >= 4 is 80.4 Å². The Morgan fingerprint density at radius 3 is 1.96 bits per heavy atom. The van der Waals surface area contributed by atoms with Crippen LogP contribution in [0, 0.1) is 0 Å². The zero-order valence-electron chi connectivity index (χ0n) is 13.7. The first kappa shape index (κ1) is 21.0. The molecule has 4 nitrogen and oxygen atoms in total. The van der Waals surface area contributed by atoms with Gasteiger partial charge in [-0.3, -0.25) is 0 Å². The Morgan fingerprint density at radius 1 is 0.815 bits per heavy atom. The highest BCUT2D eigenvalue weighted by atomic mass is 35.6. The quantitative estimate of drug-likeness (QED) is 0.385. The predicted molar refractivity (Wildman–Crippen MR) is 112 cm³/mol. The normalized spacial score (nSPS) is 12.4. The maximum Gasteiger partial charge on any atom is 0.250 e. The minimum atomic E-state index is -1.93. The Hall–Kier alpha value is -0.750. The molecule has 3 aromatic rings. The van der Waals surface area contributed by atoms with Gasteiger partial charge >= 0.3 is 0 Å². The second kappa shape index (κ2) is 7.94. The van der Waals surface area contributed by atoms with Gasteiger partial charge in [0.15, 0.2) is 17.5 Å². The largest absolute Gasteiger partial charge is 0.493 e. The van der Waals surface area contributed by atoms with Crippen LogP contribution in [0.5, 0.6) is 5.75 Å². The molecule has 0 aliphatic heterocycles. The summed E-state index contributed by atoms with van der Waals surface area (Å²) in [5.74, 6) is 0.407. The molecule has 0 aliphatic rings. The second-order valence-electron chi connectivity index (χ2n) is 5.39. The molecule has 0 N–H and O–H groups in total. The number of aromatic nitrogens is 3. The number of halogens is 6. The van der Waals surface area contributed by atoms with E-state index < -0.39 is 7.59 Å². The highest BCUT2D eigenvalue weighted by Gasteiger charge is 2.34. The number of rotatable bonds is 3. The van der Waals surface area contributed by atoms with E-state index in [1.807, 2.05) is 43.3 Å². The van der Waals surface area contributed by atoms with Gasteiger partial charge in [0.25, 0.3) is 0 Å². The molecule has 0 bridgehead atoms. The van der Waals surface area contributed by atoms with E-state index in [0.29, 0.717) is 17.9 Å². The van der Waals surface area contributed by atoms with Crippen molar-refractivity contribution < 1.29 is 4.74 Å². The van der Waals surface area contributed by atoms with E-state index >= 15 is 0 Å². The van der Waals surface area contributed by atoms with Gasteiger partial charge in [0.1, 0.15) is 5.75 Å². The molecule has 0 saturated heterocycles. The van der Waals surface area contributed by atoms with Gasteiger partial charge < -0.3 is 4.74 Å². The SMILES string of the molecule is CCOc1ccc2ccccc2c1-c1nc(C(Cl)(Cl)Cl)nc(C(Cl)(Cl)Cl)n1. The van der Waals surface area contributed by atoms with Crippen molar-refractivity contribution in [2.75, 3.05) is 6.61 Å². The van der Waals surface area contributed by atoms with Gasteiger partial charge in [-0.2, -0.15) is 0 Å². The van der Waals surface area contributed by atoms with Crippen LogP contribution in [0.15, 0.2) is 36.4 Å². The first-order chi connectivity index (χ1) is 12.6. The summed E-state index contributed by atoms with van der Waals surface area (Å²) < 4.78 is 1.89. The lowest BCUT2D eigenvalue weighted by molar-refractivity contribution is 0.342. The van der Waals surface area contributed by atoms with Crippen LogP contribution in [-0.4, -0.2) is 21.6 Å². The molecule has 1 heterocycles. The van der Waals surface area contributed by atoms with Crippen molar-refractivity contribution in [2.45, 2.75) is 14.5 Å². The molecule has 0 amide bonds. The fourth-order valence-corrected chi connectivity index (χ4v) is 3.01. The topological polar surface area (TPSA) is 47.9 Å². The molecule has 10 heteroatoms. The minimum Gasteiger partial charge on any atom is -0.493 e. The van der Waals surface area contributed by atoms with Gasteiger partial charge in [0.05, 0.1) is 12.2 Å². The number of hydrogen-bond donors (Lipinski definition) is 0. The van der Waals surface area contributed by atoms with Crippen molar-refractivity contribution in [3.8, 4) is 17.1 Å². The fraction of sp³-hybridized carbons (Fsp3) is 0.235. The number of alkyl halides is 6. The van der Waals surface area contributed by atoms with Gasteiger partial charge in [-0.05, 0) is 23.8 Å². The van der Waals surface area contributed by atoms with Gasteiger partial charge in [-0.15, -0.1) is 0 Å². The Kier molecular flexibility index (Phi) is 6.17. The first-order valence-electron chi connectivity index (χ1n) is 7.66. The van der Waals surface area contributed by atoms with Crippen molar-refractivity contribution in [3.63, 3.8) is 0 Å². The van der Waals surface area contributed by atoms with Crippen LogP contribution in [-0.2, 0) is 7.59 Å². The number of ether oxygens (including phenoxy) is 1. The Balaban J connectivity index is 2.37. The maximum atomic E-state index is 5.98. The molecule has 142 valence electrons. The van der Waals surface area contributed by atoms with Crippen molar-refractivity contribution in [1.82, 2.24) is 15.0 Å². The van der Waals surface area contributed by atoms with E-state index in [0.717, 1.165) is 10.8 Å². The van der Waals surface area contributed by atoms with Gasteiger partial charge in [0, 0.05) is 0 Å². The van der Waals surface area contributed by atoms with Crippen molar-refractivity contribution in [1.29, 1.82) is 0 Å². The third-order valence-electron chi connectivity index (χ3n) is 3.56. The van der Waals surface area contributed by atoms with E-state index in [-0.39, 0.29) is 17.5 Å². The van der Waals surface area contributed by atoms with E-state index in [1.54, 1.807) is 0 Å². The number of hydrogen-bond acceptors (Lipinski definition) is 4. The monoisotopic (exact) mass is 483 g/mol. The van der Waals surface area contributed by atoms with Gasteiger partial charge in [0.2, 0.25) is 7.59 Å². The van der Waals surface area contributed by atoms with E-state index in [9.17, 15) is 0 Å². The summed E-state index contributed by atoms with van der Waals surface area (Å²) >= 11 is 35.9. The fourth-order valence-electron chi connectivity index (χ4n) is 2.50. The molecular weight excluding hydrogens is 475 g/mol. The predicted octanol–water partition coefficient (Wildman–Crippen LogP) is 6.74. The average Bonchev–Trinajstić information content (AvgIpc) is 2.60. The lowest BCUT2D eigenvalue weighted by atomic mass is 10.0. The number of nitrogens with zero attached hydrogens (tertiary/aromatic N) is 3. The standard InChI is InChI=1S/C17H11Cl6N3O/c1-2-27-11-8-7-9-5-3-4-6-10(9)12(11)13-24-14(16(18,19)20)26-15(25-13)17(21,22)23/h3-8H,2H2,1H3. The zero-order valence-corrected chi connectivity index (χ0v) is 18.2. The van der Waals surface area contributed by atoms with E-state index in [4.69, 9.17) is 74.3 Å². The summed E-state index contributed by atoms with van der Waals surface area (Å²) in [5, 5.41) is 1.78. The zero-order chi connectivity index (χ0) is 19.8. The summed E-state index contributed by atoms with van der Waals surface area (Å²) in [6, 6.07) is 11.4. The molecule has 0 saturated carbocycles. The molecule has 0 spiro atoms. The smallest absolute Gasteiger partial charge is 0.250 e. The highest BCUT2D eigenvalue weighted by Crippen LogP contribution is 2.42. The van der Waals surface area contributed by atoms with Crippen LogP contribution in [0.1, 0.15) is 18.6 Å². The summed E-state index contributed by atoms with van der Waals surface area (Å²) in [7, 11) is 0. The first-order valence-corrected chi connectivity index (χ1v) is 9.93. The van der Waals surface area contributed by atoms with Gasteiger partial charge in [-0.1, -0.05) is 99.9 Å². The summed E-state index contributed by atoms with van der Waals surface area (Å²) in [6.07, 6.45) is 0. The van der Waals surface area contributed by atoms with Crippen LogP contribution >= 0.6 is 69.6 Å². The molecule has 27 heavy (non-hydrogen) atoms. The van der Waals surface area contributed by atoms with Gasteiger partial charge in [-0.25, -0.2) is 15.0 Å². The van der Waals surface area contributed by atoms with Crippen LogP contribution < -0.4 is 4.74 Å². The third kappa shape index (κ3) is 4.64. The van der Waals surface area contributed by atoms with Crippen molar-refractivity contribution in [2.24, 2.45) is 0 Å². The van der Waals surface area contributed by atoms with E-state index in [1.165, 1.54) is 0 Å². The minimum absolute atomic E-state index is 0.158. The lowest BCUT2D eigenvalue weighted by Gasteiger charge is -2.18. The molecule has 0 aliphatic carbocycles. The van der Waals surface area contributed by atoms with Crippen LogP contribution in [0.25, 0.3) is 22.2 Å². The Bertz CT molecular complexity index is 952. The average molecular weight is 486 g/mol. The van der Waals surface area contributed by atoms with Crippen LogP contribution in [0.2, 0.25) is 0 Å². The molecule has 0 unspecified atom stereocenters. The maximum absolute atomic E-state index is 5.98. The molecule has 1 aromatic heterocycles. The molecule has 0 fully saturated rings. The number of benzene rings is 2. The molecular formula is C17H11Cl6N3O. The molecule has 0 atom stereocenters. The Labute approximate surface area is 185 Å². The molecule has 3 rings (SSSR count). The number of fused-ring (bicyclic) bond motifs is 1. The molecule has 2 aromatic carbocycles.